The lowest BCUT2D eigenvalue weighted by molar-refractivity contribution is 0.905. The molecule has 2 heterocycles. The lowest BCUT2D eigenvalue weighted by Crippen LogP contribution is -2.20. The summed E-state index contributed by atoms with van der Waals surface area (Å²) in [6.07, 6.45) is 3.08. The molecule has 0 aromatic heterocycles. The smallest absolute Gasteiger partial charge is 0.160 e. The molecule has 1 atom stereocenters. The van der Waals surface area contributed by atoms with Crippen LogP contribution in [-0.4, -0.2) is 11.5 Å². The molecular weight excluding hydrogens is 643 g/mol. The highest BCUT2D eigenvalue weighted by Gasteiger charge is 2.30. The molecule has 250 valence electrons. The normalized spacial score (nSPS) is 15.2. The maximum absolute atomic E-state index is 5.65. The predicted molar refractivity (Wildman–Crippen MR) is 223 cm³/mol. The van der Waals surface area contributed by atoms with Crippen LogP contribution in [0.25, 0.3) is 38.4 Å². The molecule has 0 saturated carbocycles. The van der Waals surface area contributed by atoms with Crippen LogP contribution in [0.4, 0.5) is 17.1 Å². The van der Waals surface area contributed by atoms with Crippen molar-refractivity contribution in [3.05, 3.63) is 216 Å². The number of hydrogen-bond donors (Lipinski definition) is 0. The quantitative estimate of drug-likeness (QED) is 0.170. The first-order chi connectivity index (χ1) is 26.3. The van der Waals surface area contributed by atoms with Gasteiger partial charge in [-0.3, -0.25) is 0 Å². The van der Waals surface area contributed by atoms with Crippen LogP contribution in [-0.2, 0) is 0 Å². The van der Waals surface area contributed by atoms with Crippen LogP contribution >= 0.6 is 0 Å². The second-order valence-corrected chi connectivity index (χ2v) is 13.7. The molecule has 0 radical (unpaired) electrons. The van der Waals surface area contributed by atoms with Gasteiger partial charge in [0.05, 0.1) is 22.8 Å². The number of nitrogens with zero attached hydrogens (tertiary/aromatic N) is 3. The van der Waals surface area contributed by atoms with Crippen LogP contribution in [0.1, 0.15) is 34.6 Å². The number of allylic oxidation sites excluding steroid dienone is 1. The molecule has 8 aromatic carbocycles. The summed E-state index contributed by atoms with van der Waals surface area (Å²) < 4.78 is 0. The molecule has 0 amide bonds. The van der Waals surface area contributed by atoms with E-state index in [1.165, 1.54) is 32.7 Å². The largest absolute Gasteiger partial charge is 0.310 e. The van der Waals surface area contributed by atoms with Crippen LogP contribution < -0.4 is 4.90 Å². The van der Waals surface area contributed by atoms with Gasteiger partial charge in [0.15, 0.2) is 5.84 Å². The average Bonchev–Trinajstić information content (AvgIpc) is 3.26. The van der Waals surface area contributed by atoms with Gasteiger partial charge in [0, 0.05) is 22.7 Å². The average molecular weight is 678 g/mol. The Hall–Kier alpha value is -6.84. The van der Waals surface area contributed by atoms with Gasteiger partial charge in [-0.1, -0.05) is 164 Å². The Bertz CT molecular complexity index is 2740. The minimum Gasteiger partial charge on any atom is -0.310 e. The highest BCUT2D eigenvalue weighted by molar-refractivity contribution is 6.19. The minimum atomic E-state index is -0.0475. The van der Waals surface area contributed by atoms with Gasteiger partial charge in [-0.25, -0.2) is 9.98 Å². The zero-order valence-corrected chi connectivity index (χ0v) is 29.1. The van der Waals surface area contributed by atoms with Crippen LogP contribution in [0.2, 0.25) is 0 Å². The van der Waals surface area contributed by atoms with Crippen molar-refractivity contribution in [1.82, 2.24) is 0 Å². The van der Waals surface area contributed by atoms with Crippen LogP contribution in [0.15, 0.2) is 204 Å². The molecule has 3 heteroatoms. The number of anilines is 3. The third-order valence-electron chi connectivity index (χ3n) is 10.6. The van der Waals surface area contributed by atoms with Crippen LogP contribution in [0.5, 0.6) is 0 Å². The zero-order valence-electron chi connectivity index (χ0n) is 29.1. The highest BCUT2D eigenvalue weighted by Crippen LogP contribution is 2.46. The van der Waals surface area contributed by atoms with Crippen molar-refractivity contribution in [2.24, 2.45) is 9.98 Å². The fraction of sp³-hybridized carbons (Fsp3) is 0.0400. The molecule has 2 bridgehead atoms. The van der Waals surface area contributed by atoms with Gasteiger partial charge in [-0.05, 0) is 80.6 Å². The van der Waals surface area contributed by atoms with Gasteiger partial charge < -0.3 is 4.90 Å². The van der Waals surface area contributed by atoms with Crippen molar-refractivity contribution in [3.63, 3.8) is 0 Å². The monoisotopic (exact) mass is 677 g/mol. The zero-order chi connectivity index (χ0) is 35.1. The SMILES string of the molecule is C1=C2N=C(c3ccc(-c4ccccc4)cc3)N=C(c3ccc4c(ccc5ccccc54)c3)C(C1)c1ccccc1N(c1ccccc1)c1ccccc12. The molecule has 0 saturated heterocycles. The van der Waals surface area contributed by atoms with Crippen molar-refractivity contribution in [1.29, 1.82) is 0 Å². The Balaban J connectivity index is 1.24. The van der Waals surface area contributed by atoms with E-state index in [-0.39, 0.29) is 5.92 Å². The summed E-state index contributed by atoms with van der Waals surface area (Å²) in [5, 5.41) is 4.94. The van der Waals surface area contributed by atoms with Crippen molar-refractivity contribution < 1.29 is 0 Å². The maximum atomic E-state index is 5.65. The number of hydrogen-bond acceptors (Lipinski definition) is 3. The van der Waals surface area contributed by atoms with E-state index in [0.717, 1.165) is 57.1 Å². The first kappa shape index (κ1) is 30.9. The van der Waals surface area contributed by atoms with E-state index in [9.17, 15) is 0 Å². The van der Waals surface area contributed by atoms with E-state index < -0.39 is 0 Å². The number of aliphatic imine (C=N–C) groups is 2. The summed E-state index contributed by atoms with van der Waals surface area (Å²) in [5.74, 6) is 0.656. The molecule has 3 nitrogen and oxygen atoms in total. The number of benzene rings is 8. The maximum Gasteiger partial charge on any atom is 0.160 e. The number of fused-ring (bicyclic) bond motifs is 9. The third kappa shape index (κ3) is 5.55. The van der Waals surface area contributed by atoms with Crippen molar-refractivity contribution >= 4 is 55.9 Å². The molecule has 53 heavy (non-hydrogen) atoms. The molecule has 1 unspecified atom stereocenters. The van der Waals surface area contributed by atoms with E-state index in [1.807, 2.05) is 0 Å². The van der Waals surface area contributed by atoms with Gasteiger partial charge >= 0.3 is 0 Å². The molecule has 0 spiro atoms. The van der Waals surface area contributed by atoms with Gasteiger partial charge in [-0.15, -0.1) is 0 Å². The Morgan fingerprint density at radius 1 is 0.453 bits per heavy atom. The van der Waals surface area contributed by atoms with Gasteiger partial charge in [0.25, 0.3) is 0 Å². The second-order valence-electron chi connectivity index (χ2n) is 13.7. The molecule has 10 rings (SSSR count). The fourth-order valence-corrected chi connectivity index (χ4v) is 8.03. The Labute approximate surface area is 309 Å². The van der Waals surface area contributed by atoms with Crippen molar-refractivity contribution in [2.75, 3.05) is 4.90 Å². The summed E-state index contributed by atoms with van der Waals surface area (Å²) in [6.45, 7) is 0. The summed E-state index contributed by atoms with van der Waals surface area (Å²) in [5.41, 5.74) is 12.0. The van der Waals surface area contributed by atoms with E-state index in [4.69, 9.17) is 9.98 Å². The predicted octanol–water partition coefficient (Wildman–Crippen LogP) is 12.9. The lowest BCUT2D eigenvalue weighted by Gasteiger charge is -2.30. The standard InChI is InChI=1S/C50H35N3/c1-3-13-34(14-4-1)35-23-26-37(27-24-35)50-51-46-32-31-44(49(52-50)39-29-30-42-38(33-39)28-25-36-15-7-8-18-41(36)42)43-19-9-11-21-47(43)53(40-16-5-2-6-17-40)48-22-12-10-20-45(46)48/h1-30,32-33,44H,31H2. The number of rotatable bonds is 4. The Morgan fingerprint density at radius 2 is 1.08 bits per heavy atom. The summed E-state index contributed by atoms with van der Waals surface area (Å²) in [7, 11) is 0. The van der Waals surface area contributed by atoms with E-state index >= 15 is 0 Å². The van der Waals surface area contributed by atoms with Crippen LogP contribution in [0, 0.1) is 0 Å². The molecule has 0 N–H and O–H groups in total. The number of para-hydroxylation sites is 3. The molecule has 0 fully saturated rings. The molecule has 0 aliphatic carbocycles. The molecule has 2 aliphatic heterocycles. The topological polar surface area (TPSA) is 28.0 Å². The van der Waals surface area contributed by atoms with E-state index in [1.54, 1.807) is 0 Å². The van der Waals surface area contributed by atoms with E-state index in [2.05, 4.69) is 199 Å². The minimum absolute atomic E-state index is 0.0475. The Kier molecular flexibility index (Phi) is 7.62. The molecule has 2 aliphatic rings. The summed E-state index contributed by atoms with van der Waals surface area (Å²) >= 11 is 0. The van der Waals surface area contributed by atoms with Crippen LogP contribution in [0.3, 0.4) is 0 Å². The Morgan fingerprint density at radius 3 is 1.92 bits per heavy atom. The summed E-state index contributed by atoms with van der Waals surface area (Å²) in [4.78, 5) is 13.5. The fourth-order valence-electron chi connectivity index (χ4n) is 8.03. The lowest BCUT2D eigenvalue weighted by atomic mass is 9.84. The van der Waals surface area contributed by atoms with Crippen molar-refractivity contribution in [3.8, 4) is 11.1 Å². The van der Waals surface area contributed by atoms with Gasteiger partial charge in [0.2, 0.25) is 0 Å². The highest BCUT2D eigenvalue weighted by atomic mass is 15.2. The van der Waals surface area contributed by atoms with Gasteiger partial charge in [-0.2, -0.15) is 0 Å². The molecule has 8 aromatic rings. The first-order valence-corrected chi connectivity index (χ1v) is 18.3. The molecular formula is C50H35N3. The van der Waals surface area contributed by atoms with E-state index in [0.29, 0.717) is 5.84 Å². The third-order valence-corrected chi connectivity index (χ3v) is 10.6. The van der Waals surface area contributed by atoms with Gasteiger partial charge in [0.1, 0.15) is 0 Å². The second kappa shape index (κ2) is 13.0. The first-order valence-electron chi connectivity index (χ1n) is 18.3. The summed E-state index contributed by atoms with van der Waals surface area (Å²) in [6, 6.07) is 67.3. The number of amidine groups is 1. The van der Waals surface area contributed by atoms with Crippen molar-refractivity contribution in [2.45, 2.75) is 12.3 Å².